The predicted molar refractivity (Wildman–Crippen MR) is 117 cm³/mol. The zero-order valence-corrected chi connectivity index (χ0v) is 19.3. The van der Waals surface area contributed by atoms with Crippen molar-refractivity contribution in [3.8, 4) is 0 Å². The Morgan fingerprint density at radius 1 is 1.48 bits per heavy atom. The molecule has 0 radical (unpaired) electrons. The van der Waals surface area contributed by atoms with E-state index >= 15 is 0 Å². The van der Waals surface area contributed by atoms with Gasteiger partial charge < -0.3 is 15.3 Å². The molecule has 1 saturated heterocycles. The maximum Gasteiger partial charge on any atom is 0.352 e. The third-order valence-corrected chi connectivity index (χ3v) is 6.93. The minimum Gasteiger partial charge on any atom is -0.477 e. The standard InChI is InChI=1S/C16H22N8O4S3/c1-8-11(3-19-12(25)4-23(7-17)22-18)14(26)24(8)13(15(27)28)10(5-29)6-30-16-21-20-9(2)31-16/h7-8,11,17-18,29H,3-6H2,1-2H3,(H,19,25)(H,27,28)/b13-10+,17-7?,22-18?/t8-,11+/m1/s1. The van der Waals surface area contributed by atoms with E-state index in [9.17, 15) is 19.5 Å². The fraction of sp³-hybridized carbons (Fsp3) is 0.500. The van der Waals surface area contributed by atoms with Gasteiger partial charge in [0.05, 0.1) is 5.92 Å². The number of aromatic nitrogens is 2. The van der Waals surface area contributed by atoms with Crippen LogP contribution in [-0.2, 0) is 14.4 Å². The highest BCUT2D eigenvalue weighted by molar-refractivity contribution is 8.01. The number of carbonyl (C=O) groups is 3. The maximum atomic E-state index is 12.7. The number of amides is 2. The number of hydrogen-bond donors (Lipinski definition) is 5. The third kappa shape index (κ3) is 6.01. The number of carbonyl (C=O) groups excluding carboxylic acids is 2. The molecule has 31 heavy (non-hydrogen) atoms. The third-order valence-electron chi connectivity index (χ3n) is 4.49. The molecule has 0 aliphatic carbocycles. The highest BCUT2D eigenvalue weighted by Crippen LogP contribution is 2.34. The molecule has 1 fully saturated rings. The Morgan fingerprint density at radius 3 is 2.68 bits per heavy atom. The molecule has 0 spiro atoms. The van der Waals surface area contributed by atoms with Crippen LogP contribution in [0.15, 0.2) is 20.8 Å². The Hall–Kier alpha value is -2.52. The van der Waals surface area contributed by atoms with E-state index in [2.05, 4.69) is 33.4 Å². The first-order chi connectivity index (χ1) is 14.7. The largest absolute Gasteiger partial charge is 0.477 e. The van der Waals surface area contributed by atoms with Gasteiger partial charge in [0, 0.05) is 24.1 Å². The molecule has 12 nitrogen and oxygen atoms in total. The molecule has 0 bridgehead atoms. The number of carboxylic acid groups (broad SMARTS) is 1. The van der Waals surface area contributed by atoms with Crippen molar-refractivity contribution in [2.24, 2.45) is 11.1 Å². The highest BCUT2D eigenvalue weighted by Gasteiger charge is 2.48. The lowest BCUT2D eigenvalue weighted by atomic mass is 9.87. The molecule has 0 saturated carbocycles. The van der Waals surface area contributed by atoms with Crippen LogP contribution in [0.1, 0.15) is 11.9 Å². The molecule has 1 aromatic heterocycles. The molecule has 168 valence electrons. The Balaban J connectivity index is 2.06. The van der Waals surface area contributed by atoms with E-state index in [1.807, 2.05) is 6.92 Å². The SMILES string of the molecule is Cc1nnc(SC/C(CS)=C(\C(=O)O)N2C(=O)[C@@H](CNC(=O)CN(C=N)N=N)[C@H]2C)s1. The summed E-state index contributed by atoms with van der Waals surface area (Å²) in [5.74, 6) is -2.27. The van der Waals surface area contributed by atoms with Crippen LogP contribution < -0.4 is 5.32 Å². The summed E-state index contributed by atoms with van der Waals surface area (Å²) < 4.78 is 0.698. The second kappa shape index (κ2) is 11.2. The van der Waals surface area contributed by atoms with Crippen molar-refractivity contribution >= 4 is 59.8 Å². The van der Waals surface area contributed by atoms with Gasteiger partial charge in [0.15, 0.2) is 4.34 Å². The van der Waals surface area contributed by atoms with Gasteiger partial charge in [0.2, 0.25) is 11.8 Å². The number of aliphatic carboxylic acids is 1. The molecule has 2 atom stereocenters. The van der Waals surface area contributed by atoms with Crippen molar-refractivity contribution in [1.82, 2.24) is 25.4 Å². The van der Waals surface area contributed by atoms with E-state index in [0.717, 1.165) is 16.4 Å². The molecule has 1 aliphatic rings. The van der Waals surface area contributed by atoms with Gasteiger partial charge in [-0.3, -0.25) is 15.0 Å². The second-order valence-corrected chi connectivity index (χ2v) is 9.20. The van der Waals surface area contributed by atoms with Crippen LogP contribution in [-0.4, -0.2) is 80.0 Å². The number of aryl methyl sites for hydroxylation is 1. The van der Waals surface area contributed by atoms with Gasteiger partial charge in [0.25, 0.3) is 0 Å². The van der Waals surface area contributed by atoms with Crippen molar-refractivity contribution in [1.29, 1.82) is 10.9 Å². The van der Waals surface area contributed by atoms with Crippen LogP contribution >= 0.6 is 35.7 Å². The average Bonchev–Trinajstić information content (AvgIpc) is 3.16. The smallest absolute Gasteiger partial charge is 0.352 e. The van der Waals surface area contributed by atoms with Gasteiger partial charge >= 0.3 is 5.97 Å². The summed E-state index contributed by atoms with van der Waals surface area (Å²) in [6, 6.07) is -0.442. The Labute approximate surface area is 191 Å². The maximum absolute atomic E-state index is 12.7. The monoisotopic (exact) mass is 486 g/mol. The van der Waals surface area contributed by atoms with Crippen LogP contribution in [0.5, 0.6) is 0 Å². The lowest BCUT2D eigenvalue weighted by molar-refractivity contribution is -0.156. The van der Waals surface area contributed by atoms with E-state index in [0.29, 0.717) is 15.7 Å². The predicted octanol–water partition coefficient (Wildman–Crippen LogP) is 1.03. The number of thiol groups is 1. The van der Waals surface area contributed by atoms with Gasteiger partial charge in [-0.15, -0.1) is 10.2 Å². The number of β-lactam (4-membered cyclic amide) rings is 1. The van der Waals surface area contributed by atoms with Crippen LogP contribution in [0.2, 0.25) is 0 Å². The van der Waals surface area contributed by atoms with E-state index in [4.69, 9.17) is 10.9 Å². The lowest BCUT2D eigenvalue weighted by Crippen LogP contribution is -2.63. The van der Waals surface area contributed by atoms with Gasteiger partial charge in [-0.2, -0.15) is 18.2 Å². The molecular formula is C16H22N8O4S3. The van der Waals surface area contributed by atoms with Crippen LogP contribution in [0, 0.1) is 23.8 Å². The normalized spacial score (nSPS) is 18.7. The van der Waals surface area contributed by atoms with Crippen molar-refractivity contribution in [2.75, 3.05) is 24.6 Å². The Kier molecular flexibility index (Phi) is 8.94. The van der Waals surface area contributed by atoms with Gasteiger partial charge in [-0.25, -0.2) is 9.80 Å². The zero-order chi connectivity index (χ0) is 23.1. The average molecular weight is 487 g/mol. The first-order valence-electron chi connectivity index (χ1n) is 8.96. The van der Waals surface area contributed by atoms with Gasteiger partial charge in [-0.05, 0) is 19.4 Å². The Bertz CT molecular complexity index is 897. The van der Waals surface area contributed by atoms with Crippen LogP contribution in [0.3, 0.4) is 0 Å². The molecule has 2 heterocycles. The molecule has 0 unspecified atom stereocenters. The summed E-state index contributed by atoms with van der Waals surface area (Å²) in [5.41, 5.74) is 7.20. The number of carboxylic acids is 1. The number of likely N-dealkylation sites (tertiary alicyclic amines) is 1. The van der Waals surface area contributed by atoms with E-state index in [1.165, 1.54) is 28.0 Å². The summed E-state index contributed by atoms with van der Waals surface area (Å²) in [7, 11) is 0. The Morgan fingerprint density at radius 2 is 2.19 bits per heavy atom. The van der Waals surface area contributed by atoms with Crippen molar-refractivity contribution in [3.63, 3.8) is 0 Å². The number of nitrogens with one attached hydrogen (secondary N) is 3. The van der Waals surface area contributed by atoms with Gasteiger partial charge in [-0.1, -0.05) is 28.3 Å². The summed E-state index contributed by atoms with van der Waals surface area (Å²) in [6.45, 7) is 3.23. The number of rotatable bonds is 12. The van der Waals surface area contributed by atoms with E-state index in [-0.39, 0.29) is 24.5 Å². The summed E-state index contributed by atoms with van der Waals surface area (Å²) in [4.78, 5) is 37.7. The first-order valence-corrected chi connectivity index (χ1v) is 11.4. The quantitative estimate of drug-likeness (QED) is 0.0425. The zero-order valence-electron chi connectivity index (χ0n) is 16.7. The molecule has 2 rings (SSSR count). The molecular weight excluding hydrogens is 464 g/mol. The van der Waals surface area contributed by atoms with E-state index < -0.39 is 29.7 Å². The number of hydrogen-bond acceptors (Lipinski definition) is 11. The molecule has 15 heteroatoms. The topological polar surface area (TPSA) is 176 Å². The highest BCUT2D eigenvalue weighted by atomic mass is 32.2. The molecule has 4 N–H and O–H groups in total. The molecule has 2 amide bonds. The summed E-state index contributed by atoms with van der Waals surface area (Å²) in [5, 5.41) is 31.8. The van der Waals surface area contributed by atoms with Crippen molar-refractivity contribution < 1.29 is 19.5 Å². The van der Waals surface area contributed by atoms with Crippen LogP contribution in [0.4, 0.5) is 0 Å². The first kappa shape index (κ1) is 24.7. The number of nitrogens with zero attached hydrogens (tertiary/aromatic N) is 5. The van der Waals surface area contributed by atoms with Crippen LogP contribution in [0.25, 0.3) is 0 Å². The molecule has 1 aliphatic heterocycles. The van der Waals surface area contributed by atoms with E-state index in [1.54, 1.807) is 6.92 Å². The minimum absolute atomic E-state index is 0.0150. The molecule has 1 aromatic rings. The van der Waals surface area contributed by atoms with Gasteiger partial charge in [0.1, 0.15) is 23.6 Å². The summed E-state index contributed by atoms with van der Waals surface area (Å²) >= 11 is 6.98. The minimum atomic E-state index is -1.22. The van der Waals surface area contributed by atoms with Crippen molar-refractivity contribution in [3.05, 3.63) is 16.3 Å². The fourth-order valence-electron chi connectivity index (χ4n) is 2.89. The lowest BCUT2D eigenvalue weighted by Gasteiger charge is -2.46. The second-order valence-electron chi connectivity index (χ2n) is 6.48. The van der Waals surface area contributed by atoms with Crippen molar-refractivity contribution in [2.45, 2.75) is 24.2 Å². The number of thioether (sulfide) groups is 1. The fourth-order valence-corrected chi connectivity index (χ4v) is 5.13. The summed E-state index contributed by atoms with van der Waals surface area (Å²) in [6.07, 6.45) is 0.732. The molecule has 0 aromatic carbocycles.